The minimum absolute atomic E-state index is 0.669. The molecule has 0 atom stereocenters. The Hall–Kier alpha value is -0.700. The second kappa shape index (κ2) is 6.01. The first-order chi connectivity index (χ1) is 7.13. The molecule has 0 radical (unpaired) electrons. The molecule has 0 saturated heterocycles. The van der Waals surface area contributed by atoms with Crippen LogP contribution >= 0.6 is 15.9 Å². The summed E-state index contributed by atoms with van der Waals surface area (Å²) < 4.78 is 11.7. The fraction of sp³-hybridized carbons (Fsp3) is 0.500. The molecule has 1 aromatic rings. The average molecular weight is 273 g/mol. The number of halogens is 1. The number of rotatable bonds is 5. The largest absolute Gasteiger partial charge is 0.497 e. The molecule has 3 heteroatoms. The fourth-order valence-electron chi connectivity index (χ4n) is 1.13. The van der Waals surface area contributed by atoms with Gasteiger partial charge < -0.3 is 9.47 Å². The van der Waals surface area contributed by atoms with Crippen LogP contribution in [-0.2, 0) is 0 Å². The van der Waals surface area contributed by atoms with E-state index >= 15 is 0 Å². The maximum absolute atomic E-state index is 5.64. The third-order valence-corrected chi connectivity index (χ3v) is 2.71. The second-order valence-corrected chi connectivity index (χ2v) is 4.68. The van der Waals surface area contributed by atoms with Gasteiger partial charge in [0.1, 0.15) is 11.5 Å². The maximum Gasteiger partial charge on any atom is 0.133 e. The topological polar surface area (TPSA) is 18.5 Å². The van der Waals surface area contributed by atoms with Gasteiger partial charge in [0.15, 0.2) is 0 Å². The molecule has 0 heterocycles. The Balaban J connectivity index is 2.54. The van der Waals surface area contributed by atoms with Crippen LogP contribution in [0.5, 0.6) is 11.5 Å². The molecule has 15 heavy (non-hydrogen) atoms. The molecule has 2 nitrogen and oxygen atoms in total. The normalized spacial score (nSPS) is 10.5. The molecule has 1 rings (SSSR count). The standard InChI is InChI=1S/C12H17BrO2/c1-9(2)6-7-15-12-5-4-10(14-3)8-11(12)13/h4-5,8-9H,6-7H2,1-3H3. The van der Waals surface area contributed by atoms with Gasteiger partial charge in [-0.05, 0) is 46.5 Å². The summed E-state index contributed by atoms with van der Waals surface area (Å²) in [4.78, 5) is 0. The smallest absolute Gasteiger partial charge is 0.133 e. The van der Waals surface area contributed by atoms with Gasteiger partial charge in [-0.25, -0.2) is 0 Å². The predicted octanol–water partition coefficient (Wildman–Crippen LogP) is 3.88. The summed E-state index contributed by atoms with van der Waals surface area (Å²) in [7, 11) is 1.65. The van der Waals surface area contributed by atoms with Crippen molar-refractivity contribution in [2.45, 2.75) is 20.3 Å². The third-order valence-electron chi connectivity index (χ3n) is 2.09. The van der Waals surface area contributed by atoms with Crippen LogP contribution in [0.25, 0.3) is 0 Å². The summed E-state index contributed by atoms with van der Waals surface area (Å²) >= 11 is 3.45. The van der Waals surface area contributed by atoms with Crippen molar-refractivity contribution >= 4 is 15.9 Å². The van der Waals surface area contributed by atoms with Crippen LogP contribution in [0.2, 0.25) is 0 Å². The Kier molecular flexibility index (Phi) is 4.95. The zero-order chi connectivity index (χ0) is 11.3. The third kappa shape index (κ3) is 4.12. The van der Waals surface area contributed by atoms with E-state index in [0.717, 1.165) is 29.0 Å². The second-order valence-electron chi connectivity index (χ2n) is 3.83. The van der Waals surface area contributed by atoms with E-state index < -0.39 is 0 Å². The molecule has 0 saturated carbocycles. The van der Waals surface area contributed by atoms with Crippen molar-refractivity contribution in [2.24, 2.45) is 5.92 Å². The molecule has 1 aromatic carbocycles. The summed E-state index contributed by atoms with van der Waals surface area (Å²) in [6.07, 6.45) is 1.07. The van der Waals surface area contributed by atoms with Crippen molar-refractivity contribution in [3.8, 4) is 11.5 Å². The van der Waals surface area contributed by atoms with Gasteiger partial charge in [0.2, 0.25) is 0 Å². The van der Waals surface area contributed by atoms with Crippen molar-refractivity contribution in [1.29, 1.82) is 0 Å². The van der Waals surface area contributed by atoms with Crippen LogP contribution < -0.4 is 9.47 Å². The number of benzene rings is 1. The van der Waals surface area contributed by atoms with Crippen LogP contribution in [-0.4, -0.2) is 13.7 Å². The highest BCUT2D eigenvalue weighted by atomic mass is 79.9. The molecule has 0 spiro atoms. The van der Waals surface area contributed by atoms with E-state index in [2.05, 4.69) is 29.8 Å². The summed E-state index contributed by atoms with van der Waals surface area (Å²) in [5.41, 5.74) is 0. The molecule has 84 valence electrons. The van der Waals surface area contributed by atoms with Gasteiger partial charge in [-0.3, -0.25) is 0 Å². The molecule has 0 aliphatic heterocycles. The fourth-order valence-corrected chi connectivity index (χ4v) is 1.60. The molecule has 0 aromatic heterocycles. The minimum Gasteiger partial charge on any atom is -0.497 e. The lowest BCUT2D eigenvalue weighted by atomic mass is 10.1. The Bertz CT molecular complexity index is 310. The van der Waals surface area contributed by atoms with E-state index in [0.29, 0.717) is 5.92 Å². The monoisotopic (exact) mass is 272 g/mol. The highest BCUT2D eigenvalue weighted by Crippen LogP contribution is 2.29. The van der Waals surface area contributed by atoms with E-state index in [1.54, 1.807) is 7.11 Å². The lowest BCUT2D eigenvalue weighted by Gasteiger charge is -2.10. The van der Waals surface area contributed by atoms with E-state index in [4.69, 9.17) is 9.47 Å². The molecule has 0 fully saturated rings. The molecule has 0 unspecified atom stereocenters. The lowest BCUT2D eigenvalue weighted by molar-refractivity contribution is 0.287. The van der Waals surface area contributed by atoms with Crippen molar-refractivity contribution in [2.75, 3.05) is 13.7 Å². The first kappa shape index (κ1) is 12.4. The van der Waals surface area contributed by atoms with Gasteiger partial charge in [0, 0.05) is 0 Å². The van der Waals surface area contributed by atoms with Crippen molar-refractivity contribution < 1.29 is 9.47 Å². The predicted molar refractivity (Wildman–Crippen MR) is 65.6 cm³/mol. The van der Waals surface area contributed by atoms with E-state index in [1.807, 2.05) is 18.2 Å². The van der Waals surface area contributed by atoms with E-state index in [-0.39, 0.29) is 0 Å². The van der Waals surface area contributed by atoms with Gasteiger partial charge in [-0.1, -0.05) is 13.8 Å². The molecule has 0 aliphatic rings. The van der Waals surface area contributed by atoms with Gasteiger partial charge in [0.05, 0.1) is 18.2 Å². The Labute approximate surface area is 99.7 Å². The first-order valence-corrected chi connectivity index (χ1v) is 5.89. The molecular weight excluding hydrogens is 256 g/mol. The van der Waals surface area contributed by atoms with Gasteiger partial charge >= 0.3 is 0 Å². The number of ether oxygens (including phenoxy) is 2. The molecular formula is C12H17BrO2. The average Bonchev–Trinajstić information content (AvgIpc) is 2.20. The van der Waals surface area contributed by atoms with E-state index in [9.17, 15) is 0 Å². The lowest BCUT2D eigenvalue weighted by Crippen LogP contribution is -2.01. The van der Waals surface area contributed by atoms with Gasteiger partial charge in [-0.2, -0.15) is 0 Å². The number of methoxy groups -OCH3 is 1. The quantitative estimate of drug-likeness (QED) is 0.810. The molecule has 0 aliphatic carbocycles. The highest BCUT2D eigenvalue weighted by Gasteiger charge is 2.03. The summed E-state index contributed by atoms with van der Waals surface area (Å²) in [6.45, 7) is 5.13. The molecule has 0 amide bonds. The Morgan fingerprint density at radius 1 is 1.33 bits per heavy atom. The summed E-state index contributed by atoms with van der Waals surface area (Å²) in [6, 6.07) is 5.73. The molecule has 0 bridgehead atoms. The zero-order valence-corrected chi connectivity index (χ0v) is 11.0. The zero-order valence-electron chi connectivity index (χ0n) is 9.42. The van der Waals surface area contributed by atoms with Crippen molar-refractivity contribution in [3.63, 3.8) is 0 Å². The molecule has 0 N–H and O–H groups in total. The minimum atomic E-state index is 0.669. The number of hydrogen-bond donors (Lipinski definition) is 0. The van der Waals surface area contributed by atoms with Gasteiger partial charge in [0.25, 0.3) is 0 Å². The van der Waals surface area contributed by atoms with Gasteiger partial charge in [-0.15, -0.1) is 0 Å². The summed E-state index contributed by atoms with van der Waals surface area (Å²) in [5, 5.41) is 0. The van der Waals surface area contributed by atoms with Crippen molar-refractivity contribution in [1.82, 2.24) is 0 Å². The maximum atomic E-state index is 5.64. The Morgan fingerprint density at radius 2 is 2.07 bits per heavy atom. The van der Waals surface area contributed by atoms with Crippen LogP contribution in [0.15, 0.2) is 22.7 Å². The van der Waals surface area contributed by atoms with Crippen LogP contribution in [0.4, 0.5) is 0 Å². The van der Waals surface area contributed by atoms with Crippen LogP contribution in [0.1, 0.15) is 20.3 Å². The van der Waals surface area contributed by atoms with Crippen molar-refractivity contribution in [3.05, 3.63) is 22.7 Å². The van der Waals surface area contributed by atoms with E-state index in [1.165, 1.54) is 0 Å². The first-order valence-electron chi connectivity index (χ1n) is 5.10. The SMILES string of the molecule is COc1ccc(OCCC(C)C)c(Br)c1. The Morgan fingerprint density at radius 3 is 2.60 bits per heavy atom. The number of hydrogen-bond acceptors (Lipinski definition) is 2. The van der Waals surface area contributed by atoms with Crippen LogP contribution in [0.3, 0.4) is 0 Å². The summed E-state index contributed by atoms with van der Waals surface area (Å²) in [5.74, 6) is 2.37. The van der Waals surface area contributed by atoms with Crippen LogP contribution in [0, 0.1) is 5.92 Å². The highest BCUT2D eigenvalue weighted by molar-refractivity contribution is 9.10.